The Kier molecular flexibility index (Phi) is 6.15. The van der Waals surface area contributed by atoms with Crippen molar-refractivity contribution in [2.75, 3.05) is 25.2 Å². The third-order valence-electron chi connectivity index (χ3n) is 6.70. The normalized spacial score (nSPS) is 18.7. The first-order valence-electron chi connectivity index (χ1n) is 12.1. The van der Waals surface area contributed by atoms with Crippen LogP contribution in [0.2, 0.25) is 0 Å². The average molecular weight is 500 g/mol. The van der Waals surface area contributed by atoms with Crippen molar-refractivity contribution in [1.29, 1.82) is 0 Å². The summed E-state index contributed by atoms with van der Waals surface area (Å²) in [6.45, 7) is 7.16. The molecule has 1 saturated heterocycles. The number of aliphatic hydroxyl groups excluding tert-OH is 1. The number of ether oxygens (including phenoxy) is 3. The first kappa shape index (κ1) is 24.4. The Labute approximate surface area is 215 Å². The Bertz CT molecular complexity index is 1380. The van der Waals surface area contributed by atoms with E-state index in [1.807, 2.05) is 24.3 Å². The highest BCUT2D eigenvalue weighted by atomic mass is 16.6. The van der Waals surface area contributed by atoms with Crippen molar-refractivity contribution in [2.24, 2.45) is 0 Å². The van der Waals surface area contributed by atoms with Gasteiger partial charge in [-0.1, -0.05) is 45.0 Å². The number of anilines is 1. The molecule has 2 aliphatic rings. The van der Waals surface area contributed by atoms with Crippen LogP contribution in [0.5, 0.6) is 17.2 Å². The molecular weight excluding hydrogens is 470 g/mol. The van der Waals surface area contributed by atoms with Gasteiger partial charge in [0, 0.05) is 11.3 Å². The summed E-state index contributed by atoms with van der Waals surface area (Å²) in [5.74, 6) is -0.0549. The first-order valence-corrected chi connectivity index (χ1v) is 12.1. The third-order valence-corrected chi connectivity index (χ3v) is 6.70. The van der Waals surface area contributed by atoms with Crippen LogP contribution in [-0.2, 0) is 15.0 Å². The molecule has 0 saturated carbocycles. The van der Waals surface area contributed by atoms with Gasteiger partial charge in [-0.15, -0.1) is 0 Å². The van der Waals surface area contributed by atoms with Crippen LogP contribution in [0.1, 0.15) is 43.5 Å². The maximum atomic E-state index is 13.4. The number of carbonyl (C=O) groups is 2. The third kappa shape index (κ3) is 4.42. The Morgan fingerprint density at radius 3 is 2.19 bits per heavy atom. The van der Waals surface area contributed by atoms with E-state index >= 15 is 0 Å². The molecule has 5 rings (SSSR count). The SMILES string of the molecule is COc1ccc(C2/C(=C(/O)c3ccc4c(c3)OCCO4)C(=O)C(=O)N2c2ccc(C(C)(C)C)cc2)cc1. The first-order chi connectivity index (χ1) is 17.7. The summed E-state index contributed by atoms with van der Waals surface area (Å²) in [6, 6.07) is 18.9. The van der Waals surface area contributed by atoms with E-state index < -0.39 is 17.7 Å². The van der Waals surface area contributed by atoms with Crippen LogP contribution in [0, 0.1) is 0 Å². The van der Waals surface area contributed by atoms with Crippen molar-refractivity contribution in [1.82, 2.24) is 0 Å². The lowest BCUT2D eigenvalue weighted by Gasteiger charge is -2.27. The van der Waals surface area contributed by atoms with Gasteiger partial charge in [0.1, 0.15) is 24.7 Å². The standard InChI is InChI=1S/C30H29NO6/c1-30(2,3)20-8-10-21(11-9-20)31-26(18-5-12-22(35-4)13-6-18)25(28(33)29(31)34)27(32)19-7-14-23-24(17-19)37-16-15-36-23/h5-14,17,26,32H,15-16H2,1-4H3/b27-25-. The summed E-state index contributed by atoms with van der Waals surface area (Å²) in [4.78, 5) is 28.3. The molecule has 190 valence electrons. The lowest BCUT2D eigenvalue weighted by Crippen LogP contribution is -2.29. The number of hydrogen-bond acceptors (Lipinski definition) is 6. The zero-order valence-corrected chi connectivity index (χ0v) is 21.3. The van der Waals surface area contributed by atoms with Gasteiger partial charge >= 0.3 is 0 Å². The summed E-state index contributed by atoms with van der Waals surface area (Å²) < 4.78 is 16.5. The van der Waals surface area contributed by atoms with Crippen LogP contribution in [0.15, 0.2) is 72.3 Å². The second-order valence-corrected chi connectivity index (χ2v) is 10.1. The minimum absolute atomic E-state index is 0.00624. The van der Waals surface area contributed by atoms with Crippen molar-refractivity contribution >= 4 is 23.1 Å². The van der Waals surface area contributed by atoms with Gasteiger partial charge in [-0.3, -0.25) is 14.5 Å². The minimum atomic E-state index is -0.834. The molecule has 7 heteroatoms. The number of nitrogens with zero attached hydrogens (tertiary/aromatic N) is 1. The van der Waals surface area contributed by atoms with Crippen molar-refractivity contribution in [3.8, 4) is 17.2 Å². The van der Waals surface area contributed by atoms with Crippen molar-refractivity contribution in [2.45, 2.75) is 32.2 Å². The molecule has 1 fully saturated rings. The van der Waals surface area contributed by atoms with Gasteiger partial charge in [-0.05, 0) is 59.0 Å². The second kappa shape index (κ2) is 9.32. The number of fused-ring (bicyclic) bond motifs is 1. The van der Waals surface area contributed by atoms with Crippen molar-refractivity contribution in [3.05, 3.63) is 89.0 Å². The number of amides is 1. The number of carbonyl (C=O) groups excluding carboxylic acids is 2. The number of rotatable bonds is 4. The molecule has 1 unspecified atom stereocenters. The van der Waals surface area contributed by atoms with E-state index in [1.54, 1.807) is 49.6 Å². The highest BCUT2D eigenvalue weighted by Gasteiger charge is 2.47. The summed E-state index contributed by atoms with van der Waals surface area (Å²) in [5.41, 5.74) is 2.64. The number of methoxy groups -OCH3 is 1. The average Bonchev–Trinajstić information content (AvgIpc) is 3.17. The van der Waals surface area contributed by atoms with E-state index in [0.717, 1.165) is 5.56 Å². The lowest BCUT2D eigenvalue weighted by molar-refractivity contribution is -0.132. The van der Waals surface area contributed by atoms with Crippen molar-refractivity contribution in [3.63, 3.8) is 0 Å². The number of hydrogen-bond donors (Lipinski definition) is 1. The molecule has 2 heterocycles. The largest absolute Gasteiger partial charge is 0.507 e. The molecule has 3 aromatic carbocycles. The molecule has 3 aromatic rings. The van der Waals surface area contributed by atoms with Gasteiger partial charge in [-0.25, -0.2) is 0 Å². The van der Waals surface area contributed by atoms with Crippen molar-refractivity contribution < 1.29 is 28.9 Å². The molecule has 0 spiro atoms. The molecule has 0 bridgehead atoms. The minimum Gasteiger partial charge on any atom is -0.507 e. The number of ketones is 1. The van der Waals surface area contributed by atoms with Gasteiger partial charge in [0.2, 0.25) is 0 Å². The number of Topliss-reactive ketones (excluding diaryl/α,β-unsaturated/α-hetero) is 1. The molecular formula is C30H29NO6. The maximum absolute atomic E-state index is 13.4. The Morgan fingerprint density at radius 1 is 0.919 bits per heavy atom. The highest BCUT2D eigenvalue weighted by Crippen LogP contribution is 2.44. The summed E-state index contributed by atoms with van der Waals surface area (Å²) in [6.07, 6.45) is 0. The summed E-state index contributed by atoms with van der Waals surface area (Å²) in [5, 5.41) is 11.4. The zero-order chi connectivity index (χ0) is 26.3. The zero-order valence-electron chi connectivity index (χ0n) is 21.3. The van der Waals surface area contributed by atoms with Crippen LogP contribution >= 0.6 is 0 Å². The van der Waals surface area contributed by atoms with E-state index in [4.69, 9.17) is 14.2 Å². The molecule has 1 N–H and O–H groups in total. The van der Waals surface area contributed by atoms with Gasteiger partial charge in [0.25, 0.3) is 11.7 Å². The number of benzene rings is 3. The van der Waals surface area contributed by atoms with Crippen LogP contribution in [0.25, 0.3) is 5.76 Å². The fraction of sp³-hybridized carbons (Fsp3) is 0.267. The topological polar surface area (TPSA) is 85.3 Å². The molecule has 1 atom stereocenters. The predicted molar refractivity (Wildman–Crippen MR) is 140 cm³/mol. The van der Waals surface area contributed by atoms with E-state index in [-0.39, 0.29) is 16.7 Å². The monoisotopic (exact) mass is 499 g/mol. The fourth-order valence-corrected chi connectivity index (χ4v) is 4.67. The second-order valence-electron chi connectivity index (χ2n) is 10.1. The van der Waals surface area contributed by atoms with Gasteiger partial charge < -0.3 is 19.3 Å². The molecule has 2 aliphatic heterocycles. The molecule has 0 aromatic heterocycles. The molecule has 0 radical (unpaired) electrons. The smallest absolute Gasteiger partial charge is 0.300 e. The predicted octanol–water partition coefficient (Wildman–Crippen LogP) is 5.39. The van der Waals surface area contributed by atoms with E-state index in [1.165, 1.54) is 4.90 Å². The molecule has 1 amide bonds. The van der Waals surface area contributed by atoms with Crippen LogP contribution in [0.3, 0.4) is 0 Å². The summed E-state index contributed by atoms with van der Waals surface area (Å²) in [7, 11) is 1.57. The van der Waals surface area contributed by atoms with Crippen LogP contribution < -0.4 is 19.1 Å². The maximum Gasteiger partial charge on any atom is 0.300 e. The lowest BCUT2D eigenvalue weighted by atomic mass is 9.87. The Hall–Kier alpha value is -4.26. The van der Waals surface area contributed by atoms with E-state index in [0.29, 0.717) is 47.3 Å². The highest BCUT2D eigenvalue weighted by molar-refractivity contribution is 6.51. The molecule has 0 aliphatic carbocycles. The molecule has 37 heavy (non-hydrogen) atoms. The van der Waals surface area contributed by atoms with Crippen LogP contribution in [-0.4, -0.2) is 37.1 Å². The quantitative estimate of drug-likeness (QED) is 0.294. The van der Waals surface area contributed by atoms with Gasteiger partial charge in [-0.2, -0.15) is 0 Å². The van der Waals surface area contributed by atoms with Gasteiger partial charge in [0.05, 0.1) is 18.7 Å². The summed E-state index contributed by atoms with van der Waals surface area (Å²) >= 11 is 0. The molecule has 7 nitrogen and oxygen atoms in total. The van der Waals surface area contributed by atoms with Gasteiger partial charge in [0.15, 0.2) is 11.5 Å². The Balaban J connectivity index is 1.65. The van der Waals surface area contributed by atoms with Crippen LogP contribution in [0.4, 0.5) is 5.69 Å². The number of aliphatic hydroxyl groups is 1. The van der Waals surface area contributed by atoms with E-state index in [9.17, 15) is 14.7 Å². The Morgan fingerprint density at radius 2 is 1.57 bits per heavy atom. The fourth-order valence-electron chi connectivity index (χ4n) is 4.67. The van der Waals surface area contributed by atoms with E-state index in [2.05, 4.69) is 20.8 Å².